The van der Waals surface area contributed by atoms with E-state index in [1.54, 1.807) is 6.07 Å². The molecule has 0 radical (unpaired) electrons. The van der Waals surface area contributed by atoms with Gasteiger partial charge in [0.2, 0.25) is 0 Å². The highest BCUT2D eigenvalue weighted by Crippen LogP contribution is 2.34. The second kappa shape index (κ2) is 10.1. The molecular formula is C27H32ClN5O3. The van der Waals surface area contributed by atoms with E-state index in [2.05, 4.69) is 32.8 Å². The molecule has 0 aliphatic carbocycles. The number of rotatable bonds is 6. The quantitative estimate of drug-likeness (QED) is 0.580. The molecule has 8 nitrogen and oxygen atoms in total. The highest BCUT2D eigenvalue weighted by atomic mass is 35.5. The summed E-state index contributed by atoms with van der Waals surface area (Å²) in [6, 6.07) is 14.0. The molecule has 3 saturated heterocycles. The normalized spacial score (nSPS) is 26.8. The number of amides is 2. The maximum absolute atomic E-state index is 13.3. The highest BCUT2D eigenvalue weighted by Gasteiger charge is 2.40. The average Bonchev–Trinajstić information content (AvgIpc) is 3.64. The average molecular weight is 510 g/mol. The molecule has 0 bridgehead atoms. The Balaban J connectivity index is 1.10. The molecule has 3 atom stereocenters. The Hall–Kier alpha value is -2.49. The number of nitrogens with one attached hydrogen (secondary N) is 2. The van der Waals surface area contributed by atoms with Crippen LogP contribution in [0.25, 0.3) is 0 Å². The van der Waals surface area contributed by atoms with Crippen LogP contribution in [0.4, 0.5) is 5.69 Å². The van der Waals surface area contributed by atoms with Crippen molar-refractivity contribution in [2.75, 3.05) is 57.3 Å². The van der Waals surface area contributed by atoms with Crippen molar-refractivity contribution in [2.45, 2.75) is 25.0 Å². The van der Waals surface area contributed by atoms with Crippen molar-refractivity contribution in [3.63, 3.8) is 0 Å². The number of imide groups is 1. The summed E-state index contributed by atoms with van der Waals surface area (Å²) in [6.45, 7) is 6.42. The lowest BCUT2D eigenvalue weighted by Crippen LogP contribution is -2.48. The number of anilines is 1. The van der Waals surface area contributed by atoms with Crippen molar-refractivity contribution in [3.05, 3.63) is 64.2 Å². The summed E-state index contributed by atoms with van der Waals surface area (Å²) in [5.41, 5.74) is 9.94. The van der Waals surface area contributed by atoms with Crippen LogP contribution in [0.1, 0.15) is 45.2 Å². The van der Waals surface area contributed by atoms with E-state index in [-0.39, 0.29) is 24.0 Å². The first-order chi connectivity index (χ1) is 17.6. The van der Waals surface area contributed by atoms with E-state index in [4.69, 9.17) is 16.3 Å². The van der Waals surface area contributed by atoms with Gasteiger partial charge in [-0.3, -0.25) is 24.8 Å². The summed E-state index contributed by atoms with van der Waals surface area (Å²) in [4.78, 5) is 32.5. The number of hydrogen-bond donors (Lipinski definition) is 2. The number of hydrogen-bond acceptors (Lipinski definition) is 7. The Kier molecular flexibility index (Phi) is 6.71. The zero-order valence-corrected chi connectivity index (χ0v) is 21.0. The molecule has 3 fully saturated rings. The molecule has 0 saturated carbocycles. The Labute approximate surface area is 216 Å². The lowest BCUT2D eigenvalue weighted by atomic mass is 9.94. The minimum atomic E-state index is -0.194. The number of fused-ring (bicyclic) bond motifs is 1. The van der Waals surface area contributed by atoms with E-state index in [1.807, 2.05) is 24.3 Å². The number of halogens is 1. The van der Waals surface area contributed by atoms with Crippen LogP contribution in [0.2, 0.25) is 5.02 Å². The Morgan fingerprint density at radius 1 is 0.972 bits per heavy atom. The van der Waals surface area contributed by atoms with Crippen LogP contribution >= 0.6 is 11.6 Å². The Morgan fingerprint density at radius 2 is 1.78 bits per heavy atom. The van der Waals surface area contributed by atoms with Crippen molar-refractivity contribution < 1.29 is 14.3 Å². The fourth-order valence-electron chi connectivity index (χ4n) is 5.97. The van der Waals surface area contributed by atoms with Crippen LogP contribution in [0.15, 0.2) is 42.5 Å². The van der Waals surface area contributed by atoms with Crippen LogP contribution in [0.5, 0.6) is 0 Å². The molecule has 4 heterocycles. The van der Waals surface area contributed by atoms with Gasteiger partial charge < -0.3 is 9.64 Å². The number of ether oxygens (including phenoxy) is 1. The molecule has 4 aliphatic rings. The highest BCUT2D eigenvalue weighted by molar-refractivity contribution is 6.30. The maximum Gasteiger partial charge on any atom is 0.263 e. The number of carbonyl (C=O) groups excluding carboxylic acids is 2. The smallest absolute Gasteiger partial charge is 0.263 e. The van der Waals surface area contributed by atoms with Gasteiger partial charge in [0.1, 0.15) is 0 Å². The molecule has 6 rings (SSSR count). The minimum Gasteiger partial charge on any atom is -0.376 e. The first-order valence-corrected chi connectivity index (χ1v) is 13.3. The fourth-order valence-corrected chi connectivity index (χ4v) is 6.10. The number of nitrogens with zero attached hydrogens (tertiary/aromatic N) is 3. The number of hydrazine groups is 1. The van der Waals surface area contributed by atoms with Gasteiger partial charge in [0.05, 0.1) is 35.5 Å². The summed E-state index contributed by atoms with van der Waals surface area (Å²) < 4.78 is 5.69. The van der Waals surface area contributed by atoms with Gasteiger partial charge in [-0.15, -0.1) is 0 Å². The van der Waals surface area contributed by atoms with Crippen molar-refractivity contribution in [3.8, 4) is 0 Å². The zero-order chi connectivity index (χ0) is 24.6. The molecule has 2 N–H and O–H groups in total. The Bertz CT molecular complexity index is 1130. The fraction of sp³-hybridized carbons (Fsp3) is 0.481. The van der Waals surface area contributed by atoms with Gasteiger partial charge in [0, 0.05) is 56.8 Å². The van der Waals surface area contributed by atoms with Gasteiger partial charge >= 0.3 is 0 Å². The molecule has 2 aromatic carbocycles. The number of benzene rings is 2. The van der Waals surface area contributed by atoms with Gasteiger partial charge in [0.15, 0.2) is 0 Å². The first-order valence-electron chi connectivity index (χ1n) is 12.9. The molecule has 9 heteroatoms. The lowest BCUT2D eigenvalue weighted by Gasteiger charge is -2.38. The summed E-state index contributed by atoms with van der Waals surface area (Å²) in [7, 11) is 0. The summed E-state index contributed by atoms with van der Waals surface area (Å²) in [5.74, 6) is 0.0714. The van der Waals surface area contributed by atoms with Gasteiger partial charge in [0.25, 0.3) is 11.8 Å². The molecule has 0 spiro atoms. The number of piperazine rings is 1. The standard InChI is InChI=1S/C27H32ClN5O3/c28-20-8-6-18(7-9-20)25-19(15-29-30-25)16-31-10-12-32(13-11-31)23-5-1-4-22-24(23)27(35)33(26(22)34)17-21-3-2-14-36-21/h1,4-9,19,21,25,29-30H,2-3,10-17H2. The van der Waals surface area contributed by atoms with Crippen molar-refractivity contribution in [1.82, 2.24) is 20.7 Å². The molecule has 2 aromatic rings. The van der Waals surface area contributed by atoms with Gasteiger partial charge in [-0.25, -0.2) is 5.43 Å². The largest absolute Gasteiger partial charge is 0.376 e. The van der Waals surface area contributed by atoms with E-state index in [1.165, 1.54) is 10.5 Å². The Morgan fingerprint density at radius 3 is 2.53 bits per heavy atom. The third-order valence-corrected chi connectivity index (χ3v) is 8.17. The van der Waals surface area contributed by atoms with E-state index in [9.17, 15) is 9.59 Å². The molecule has 3 unspecified atom stereocenters. The maximum atomic E-state index is 13.3. The summed E-state index contributed by atoms with van der Waals surface area (Å²) in [5, 5.41) is 0.750. The summed E-state index contributed by atoms with van der Waals surface area (Å²) >= 11 is 6.08. The third-order valence-electron chi connectivity index (χ3n) is 7.92. The van der Waals surface area contributed by atoms with Crippen LogP contribution in [0, 0.1) is 5.92 Å². The van der Waals surface area contributed by atoms with E-state index < -0.39 is 0 Å². The lowest BCUT2D eigenvalue weighted by molar-refractivity contribution is 0.0475. The molecule has 36 heavy (non-hydrogen) atoms. The first kappa shape index (κ1) is 23.9. The van der Waals surface area contributed by atoms with Crippen molar-refractivity contribution in [1.29, 1.82) is 0 Å². The molecule has 2 amide bonds. The molecule has 190 valence electrons. The minimum absolute atomic E-state index is 0.0459. The van der Waals surface area contributed by atoms with E-state index in [0.717, 1.165) is 62.8 Å². The van der Waals surface area contributed by atoms with Crippen molar-refractivity contribution in [2.24, 2.45) is 5.92 Å². The van der Waals surface area contributed by atoms with E-state index >= 15 is 0 Å². The van der Waals surface area contributed by atoms with Crippen molar-refractivity contribution >= 4 is 29.1 Å². The van der Waals surface area contributed by atoms with Crippen LogP contribution in [0.3, 0.4) is 0 Å². The molecule has 0 aromatic heterocycles. The predicted molar refractivity (Wildman–Crippen MR) is 138 cm³/mol. The van der Waals surface area contributed by atoms with Crippen LogP contribution in [-0.4, -0.2) is 80.1 Å². The monoisotopic (exact) mass is 509 g/mol. The van der Waals surface area contributed by atoms with Gasteiger partial charge in [-0.2, -0.15) is 0 Å². The molecular weight excluding hydrogens is 478 g/mol. The third kappa shape index (κ3) is 4.53. The summed E-state index contributed by atoms with van der Waals surface area (Å²) in [6.07, 6.45) is 1.83. The second-order valence-corrected chi connectivity index (χ2v) is 10.6. The van der Waals surface area contributed by atoms with E-state index in [0.29, 0.717) is 30.2 Å². The predicted octanol–water partition coefficient (Wildman–Crippen LogP) is 2.70. The zero-order valence-electron chi connectivity index (χ0n) is 20.3. The van der Waals surface area contributed by atoms with Crippen LogP contribution in [-0.2, 0) is 4.74 Å². The number of carbonyl (C=O) groups is 2. The van der Waals surface area contributed by atoms with Gasteiger partial charge in [-0.05, 0) is 42.7 Å². The SMILES string of the molecule is O=C1c2cccc(N3CCN(CC4CNNC4c4ccc(Cl)cc4)CC3)c2C(=O)N1CC1CCCO1. The van der Waals surface area contributed by atoms with Crippen LogP contribution < -0.4 is 15.8 Å². The topological polar surface area (TPSA) is 77.2 Å². The van der Waals surface area contributed by atoms with Gasteiger partial charge in [-0.1, -0.05) is 29.8 Å². The molecule has 4 aliphatic heterocycles. The second-order valence-electron chi connectivity index (χ2n) is 10.2.